The highest BCUT2D eigenvalue weighted by atomic mass is 32.2. The van der Waals surface area contributed by atoms with Crippen molar-refractivity contribution in [3.05, 3.63) is 66.2 Å². The van der Waals surface area contributed by atoms with Crippen LogP contribution in [0.5, 0.6) is 5.75 Å². The number of hydrogen-bond acceptors (Lipinski definition) is 7. The number of fused-ring (bicyclic) bond motifs is 1. The van der Waals surface area contributed by atoms with Crippen molar-refractivity contribution in [2.75, 3.05) is 25.5 Å². The zero-order valence-electron chi connectivity index (χ0n) is 16.2. The molecule has 0 unspecified atom stereocenters. The third-order valence-electron chi connectivity index (χ3n) is 4.29. The first kappa shape index (κ1) is 21.1. The molecule has 0 aliphatic heterocycles. The van der Waals surface area contributed by atoms with Crippen molar-refractivity contribution < 1.29 is 32.2 Å². The molecule has 0 amide bonds. The van der Waals surface area contributed by atoms with E-state index in [-0.39, 0.29) is 17.1 Å². The van der Waals surface area contributed by atoms with Crippen LogP contribution in [0.25, 0.3) is 10.8 Å². The summed E-state index contributed by atoms with van der Waals surface area (Å²) in [5.74, 6) is -0.666. The summed E-state index contributed by atoms with van der Waals surface area (Å²) in [6.45, 7) is -0.266. The number of nitrogens with one attached hydrogen (secondary N) is 1. The first-order valence-corrected chi connectivity index (χ1v) is 10.3. The van der Waals surface area contributed by atoms with Crippen molar-refractivity contribution in [2.45, 2.75) is 4.90 Å². The molecule has 0 heterocycles. The fourth-order valence-electron chi connectivity index (χ4n) is 2.77. The summed E-state index contributed by atoms with van der Waals surface area (Å²) in [5, 5.41) is 1.22. The Morgan fingerprint density at radius 1 is 0.867 bits per heavy atom. The number of carbonyl (C=O) groups is 2. The van der Waals surface area contributed by atoms with Gasteiger partial charge in [-0.25, -0.2) is 18.0 Å². The molecule has 3 aromatic carbocycles. The molecule has 0 aliphatic rings. The van der Waals surface area contributed by atoms with Crippen molar-refractivity contribution in [1.29, 1.82) is 0 Å². The summed E-state index contributed by atoms with van der Waals surface area (Å²) < 4.78 is 42.9. The first-order chi connectivity index (χ1) is 14.4. The van der Waals surface area contributed by atoms with E-state index in [1.165, 1.54) is 38.5 Å². The Morgan fingerprint density at radius 2 is 1.53 bits per heavy atom. The van der Waals surface area contributed by atoms with Crippen molar-refractivity contribution in [3.8, 4) is 5.75 Å². The molecular weight excluding hydrogens is 410 g/mol. The number of carbonyl (C=O) groups excluding carboxylic acids is 2. The van der Waals surface area contributed by atoms with Crippen LogP contribution in [0, 0.1) is 0 Å². The van der Waals surface area contributed by atoms with Crippen LogP contribution < -0.4 is 9.46 Å². The Balaban J connectivity index is 1.91. The molecule has 0 spiro atoms. The van der Waals surface area contributed by atoms with Gasteiger partial charge in [0, 0.05) is 10.8 Å². The molecule has 3 aromatic rings. The number of benzene rings is 3. The third-order valence-corrected chi connectivity index (χ3v) is 5.67. The predicted molar refractivity (Wildman–Crippen MR) is 110 cm³/mol. The second-order valence-corrected chi connectivity index (χ2v) is 7.83. The van der Waals surface area contributed by atoms with Crippen LogP contribution in [0.3, 0.4) is 0 Å². The third kappa shape index (κ3) is 4.52. The molecule has 0 saturated heterocycles. The molecule has 0 fully saturated rings. The van der Waals surface area contributed by atoms with Crippen LogP contribution in [0.15, 0.2) is 65.6 Å². The quantitative estimate of drug-likeness (QED) is 0.575. The monoisotopic (exact) mass is 429 g/mol. The van der Waals surface area contributed by atoms with Gasteiger partial charge < -0.3 is 14.2 Å². The standard InChI is InChI=1S/C21H19NO7S/c1-27-20(23)13-29-19-12-11-18(16-5-3-4-6-17(16)19)22-30(25,26)15-9-7-14(8-10-15)21(24)28-2/h3-12,22H,13H2,1-2H3. The van der Waals surface area contributed by atoms with E-state index >= 15 is 0 Å². The van der Waals surface area contributed by atoms with E-state index in [0.29, 0.717) is 22.2 Å². The molecule has 156 valence electrons. The van der Waals surface area contributed by atoms with Gasteiger partial charge in [-0.3, -0.25) is 4.72 Å². The van der Waals surface area contributed by atoms with Crippen molar-refractivity contribution >= 4 is 38.4 Å². The number of anilines is 1. The van der Waals surface area contributed by atoms with Gasteiger partial charge in [-0.2, -0.15) is 0 Å². The summed E-state index contributed by atoms with van der Waals surface area (Å²) in [7, 11) is -1.40. The van der Waals surface area contributed by atoms with Gasteiger partial charge in [0.05, 0.1) is 30.4 Å². The number of rotatable bonds is 7. The topological polar surface area (TPSA) is 108 Å². The van der Waals surface area contributed by atoms with Crippen LogP contribution in [0.1, 0.15) is 10.4 Å². The molecule has 0 saturated carbocycles. The molecule has 0 radical (unpaired) electrons. The van der Waals surface area contributed by atoms with Gasteiger partial charge >= 0.3 is 11.9 Å². The van der Waals surface area contributed by atoms with E-state index in [4.69, 9.17) is 4.74 Å². The van der Waals surface area contributed by atoms with Crippen LogP contribution in [0.4, 0.5) is 5.69 Å². The maximum Gasteiger partial charge on any atom is 0.343 e. The average Bonchev–Trinajstić information content (AvgIpc) is 2.77. The number of esters is 2. The first-order valence-electron chi connectivity index (χ1n) is 8.78. The predicted octanol–water partition coefficient (Wildman–Crippen LogP) is 2.98. The van der Waals surface area contributed by atoms with Gasteiger partial charge in [-0.05, 0) is 36.4 Å². The molecule has 3 rings (SSSR count). The van der Waals surface area contributed by atoms with E-state index in [1.54, 1.807) is 36.4 Å². The van der Waals surface area contributed by atoms with Gasteiger partial charge in [0.25, 0.3) is 10.0 Å². The minimum Gasteiger partial charge on any atom is -0.481 e. The van der Waals surface area contributed by atoms with Gasteiger partial charge in [-0.1, -0.05) is 24.3 Å². The number of sulfonamides is 1. The minimum atomic E-state index is -3.91. The second kappa shape index (κ2) is 8.83. The van der Waals surface area contributed by atoms with Crippen molar-refractivity contribution in [3.63, 3.8) is 0 Å². The Kier molecular flexibility index (Phi) is 6.22. The van der Waals surface area contributed by atoms with Crippen LogP contribution in [-0.4, -0.2) is 41.2 Å². The molecule has 1 N–H and O–H groups in total. The van der Waals surface area contributed by atoms with Gasteiger partial charge in [-0.15, -0.1) is 0 Å². The average molecular weight is 429 g/mol. The summed E-state index contributed by atoms with van der Waals surface area (Å²) in [6, 6.07) is 15.6. The van der Waals surface area contributed by atoms with E-state index in [0.717, 1.165) is 0 Å². The normalized spacial score (nSPS) is 11.0. The summed E-state index contributed by atoms with van der Waals surface area (Å²) >= 11 is 0. The van der Waals surface area contributed by atoms with Gasteiger partial charge in [0.15, 0.2) is 6.61 Å². The fourth-order valence-corrected chi connectivity index (χ4v) is 3.85. The molecular formula is C21H19NO7S. The minimum absolute atomic E-state index is 0.00903. The lowest BCUT2D eigenvalue weighted by molar-refractivity contribution is -0.142. The Bertz CT molecular complexity index is 1190. The van der Waals surface area contributed by atoms with E-state index in [1.807, 2.05) is 0 Å². The van der Waals surface area contributed by atoms with E-state index in [2.05, 4.69) is 14.2 Å². The summed E-state index contributed by atoms with van der Waals surface area (Å²) in [5.41, 5.74) is 0.585. The SMILES string of the molecule is COC(=O)COc1ccc(NS(=O)(=O)c2ccc(C(=O)OC)cc2)c2ccccc12. The number of hydrogen-bond donors (Lipinski definition) is 1. The molecule has 9 heteroatoms. The zero-order chi connectivity index (χ0) is 21.7. The fraction of sp³-hybridized carbons (Fsp3) is 0.143. The van der Waals surface area contributed by atoms with Crippen LogP contribution in [0.2, 0.25) is 0 Å². The molecule has 8 nitrogen and oxygen atoms in total. The zero-order valence-corrected chi connectivity index (χ0v) is 17.1. The Labute approximate surface area is 173 Å². The van der Waals surface area contributed by atoms with Crippen molar-refractivity contribution in [1.82, 2.24) is 0 Å². The van der Waals surface area contributed by atoms with E-state index < -0.39 is 22.0 Å². The smallest absolute Gasteiger partial charge is 0.343 e. The molecule has 0 aliphatic carbocycles. The number of methoxy groups -OCH3 is 2. The highest BCUT2D eigenvalue weighted by Gasteiger charge is 2.18. The van der Waals surface area contributed by atoms with Gasteiger partial charge in [0.2, 0.25) is 0 Å². The summed E-state index contributed by atoms with van der Waals surface area (Å²) in [6.07, 6.45) is 0. The highest BCUT2D eigenvalue weighted by Crippen LogP contribution is 2.33. The molecule has 0 aromatic heterocycles. The van der Waals surface area contributed by atoms with Crippen molar-refractivity contribution in [2.24, 2.45) is 0 Å². The van der Waals surface area contributed by atoms with Crippen LogP contribution >= 0.6 is 0 Å². The molecule has 0 bridgehead atoms. The lowest BCUT2D eigenvalue weighted by atomic mass is 10.1. The maximum atomic E-state index is 12.8. The second-order valence-electron chi connectivity index (χ2n) is 6.14. The van der Waals surface area contributed by atoms with Crippen LogP contribution in [-0.2, 0) is 24.3 Å². The van der Waals surface area contributed by atoms with Gasteiger partial charge in [0.1, 0.15) is 5.75 Å². The number of ether oxygens (including phenoxy) is 3. The summed E-state index contributed by atoms with van der Waals surface area (Å²) in [4.78, 5) is 22.9. The molecule has 0 atom stereocenters. The lowest BCUT2D eigenvalue weighted by Gasteiger charge is -2.14. The Morgan fingerprint density at radius 3 is 2.17 bits per heavy atom. The highest BCUT2D eigenvalue weighted by molar-refractivity contribution is 7.92. The maximum absolute atomic E-state index is 12.8. The Hall–Kier alpha value is -3.59. The van der Waals surface area contributed by atoms with E-state index in [9.17, 15) is 18.0 Å². The largest absolute Gasteiger partial charge is 0.481 e. The lowest BCUT2D eigenvalue weighted by Crippen LogP contribution is -2.14. The molecule has 30 heavy (non-hydrogen) atoms.